The molecule has 0 aliphatic heterocycles. The van der Waals surface area contributed by atoms with Gasteiger partial charge in [-0.2, -0.15) is 0 Å². The maximum Gasteiger partial charge on any atom is 0.326 e. The third kappa shape index (κ3) is 3.94. The van der Waals surface area contributed by atoms with Crippen LogP contribution in [0, 0.1) is 0 Å². The first-order valence-corrected chi connectivity index (χ1v) is 6.25. The lowest BCUT2D eigenvalue weighted by molar-refractivity contribution is 0.178. The molecule has 94 valence electrons. The quantitative estimate of drug-likeness (QED) is 0.808. The first-order chi connectivity index (χ1) is 8.06. The lowest BCUT2D eigenvalue weighted by Gasteiger charge is -2.23. The van der Waals surface area contributed by atoms with Gasteiger partial charge in [0.2, 0.25) is 0 Å². The van der Waals surface area contributed by atoms with Crippen LogP contribution in [0.3, 0.4) is 0 Å². The van der Waals surface area contributed by atoms with E-state index in [4.69, 9.17) is 0 Å². The number of benzene rings is 1. The Kier molecular flexibility index (Phi) is 5.31. The summed E-state index contributed by atoms with van der Waals surface area (Å²) in [7, 11) is 3.26. The molecule has 2 N–H and O–H groups in total. The normalized spacial score (nSPS) is 13.9. The number of nitrogens with zero attached hydrogens (tertiary/aromatic N) is 1. The highest BCUT2D eigenvalue weighted by atomic mass is 32.2. The largest absolute Gasteiger partial charge is 0.387 e. The molecule has 5 heteroatoms. The summed E-state index contributed by atoms with van der Waals surface area (Å²) in [6, 6.07) is 9.26. The van der Waals surface area contributed by atoms with E-state index in [0.29, 0.717) is 0 Å². The van der Waals surface area contributed by atoms with Crippen LogP contribution < -0.4 is 5.32 Å². The van der Waals surface area contributed by atoms with Crippen molar-refractivity contribution in [2.24, 2.45) is 0 Å². The smallest absolute Gasteiger partial charge is 0.326 e. The van der Waals surface area contributed by atoms with Crippen LogP contribution >= 0.6 is 11.9 Å². The highest BCUT2D eigenvalue weighted by Crippen LogP contribution is 2.27. The Morgan fingerprint density at radius 3 is 2.53 bits per heavy atom. The van der Waals surface area contributed by atoms with Crippen molar-refractivity contribution in [1.82, 2.24) is 9.62 Å². The average molecular weight is 254 g/mol. The van der Waals surface area contributed by atoms with Gasteiger partial charge in [0, 0.05) is 14.1 Å². The summed E-state index contributed by atoms with van der Waals surface area (Å²) in [5, 5.41) is 12.5. The molecule has 0 bridgehead atoms. The number of nitrogens with one attached hydrogen (secondary N) is 1. The lowest BCUT2D eigenvalue weighted by atomic mass is 10.1. The van der Waals surface area contributed by atoms with Crippen LogP contribution in [0.1, 0.15) is 18.6 Å². The van der Waals surface area contributed by atoms with E-state index in [9.17, 15) is 9.90 Å². The molecule has 0 aliphatic carbocycles. The molecule has 1 aromatic carbocycles. The van der Waals surface area contributed by atoms with Gasteiger partial charge in [0.05, 0.1) is 11.4 Å². The summed E-state index contributed by atoms with van der Waals surface area (Å²) < 4.78 is 1.48. The lowest BCUT2D eigenvalue weighted by Crippen LogP contribution is -2.32. The molecule has 17 heavy (non-hydrogen) atoms. The zero-order valence-electron chi connectivity index (χ0n) is 10.3. The Morgan fingerprint density at radius 2 is 2.00 bits per heavy atom. The van der Waals surface area contributed by atoms with Gasteiger partial charge < -0.3 is 10.4 Å². The van der Waals surface area contributed by atoms with Crippen LogP contribution in [-0.4, -0.2) is 34.8 Å². The first kappa shape index (κ1) is 13.9. The van der Waals surface area contributed by atoms with E-state index in [2.05, 4.69) is 5.32 Å². The number of carbonyl (C=O) groups excluding carboxylic acids is 1. The topological polar surface area (TPSA) is 52.6 Å². The van der Waals surface area contributed by atoms with Crippen molar-refractivity contribution in [2.75, 3.05) is 14.1 Å². The molecule has 0 aromatic heterocycles. The molecule has 0 aliphatic rings. The van der Waals surface area contributed by atoms with Crippen molar-refractivity contribution < 1.29 is 9.90 Å². The highest BCUT2D eigenvalue weighted by Gasteiger charge is 2.20. The molecule has 2 unspecified atom stereocenters. The standard InChI is InChI=1S/C12H18N2O2S/c1-9(17-14(3)12(16)13-2)11(15)10-7-5-4-6-8-10/h4-9,11,15H,1-3H3,(H,13,16). The molecule has 1 rings (SSSR count). The van der Waals surface area contributed by atoms with E-state index in [1.165, 1.54) is 16.3 Å². The summed E-state index contributed by atoms with van der Waals surface area (Å²) >= 11 is 1.31. The van der Waals surface area contributed by atoms with E-state index in [1.54, 1.807) is 14.1 Å². The van der Waals surface area contributed by atoms with Crippen LogP contribution in [0.4, 0.5) is 4.79 Å². The predicted molar refractivity (Wildman–Crippen MR) is 70.7 cm³/mol. The molecular weight excluding hydrogens is 236 g/mol. The SMILES string of the molecule is CNC(=O)N(C)SC(C)C(O)c1ccccc1. The Morgan fingerprint density at radius 1 is 1.41 bits per heavy atom. The fourth-order valence-corrected chi connectivity index (χ4v) is 2.39. The molecule has 4 nitrogen and oxygen atoms in total. The number of carbonyl (C=O) groups is 1. The maximum atomic E-state index is 11.3. The zero-order valence-corrected chi connectivity index (χ0v) is 11.1. The fraction of sp³-hybridized carbons (Fsp3) is 0.417. The van der Waals surface area contributed by atoms with Crippen LogP contribution in [0.25, 0.3) is 0 Å². The van der Waals surface area contributed by atoms with Crippen molar-refractivity contribution in [3.63, 3.8) is 0 Å². The van der Waals surface area contributed by atoms with Crippen molar-refractivity contribution in [3.8, 4) is 0 Å². The maximum absolute atomic E-state index is 11.3. The summed E-state index contributed by atoms with van der Waals surface area (Å²) in [6.45, 7) is 1.89. The van der Waals surface area contributed by atoms with Gasteiger partial charge in [0.15, 0.2) is 0 Å². The van der Waals surface area contributed by atoms with E-state index in [0.717, 1.165) is 5.56 Å². The Bertz CT molecular complexity index is 359. The molecule has 0 heterocycles. The Hall–Kier alpha value is -1.20. The fourth-order valence-electron chi connectivity index (χ4n) is 1.43. The van der Waals surface area contributed by atoms with E-state index >= 15 is 0 Å². The summed E-state index contributed by atoms with van der Waals surface area (Å²) in [5.41, 5.74) is 0.859. The van der Waals surface area contributed by atoms with Gasteiger partial charge >= 0.3 is 6.03 Å². The highest BCUT2D eigenvalue weighted by molar-refractivity contribution is 7.98. The number of amides is 2. The number of rotatable bonds is 4. The molecule has 0 saturated heterocycles. The minimum absolute atomic E-state index is 0.0975. The van der Waals surface area contributed by atoms with E-state index < -0.39 is 6.10 Å². The third-order valence-electron chi connectivity index (χ3n) is 2.41. The summed E-state index contributed by atoms with van der Waals surface area (Å²) in [4.78, 5) is 11.3. The van der Waals surface area contributed by atoms with E-state index in [-0.39, 0.29) is 11.3 Å². The van der Waals surface area contributed by atoms with Crippen molar-refractivity contribution in [1.29, 1.82) is 0 Å². The third-order valence-corrected chi connectivity index (χ3v) is 3.48. The zero-order chi connectivity index (χ0) is 12.8. The average Bonchev–Trinajstić information content (AvgIpc) is 2.37. The second-order valence-corrected chi connectivity index (χ2v) is 5.22. The molecule has 0 fully saturated rings. The van der Waals surface area contributed by atoms with Crippen molar-refractivity contribution >= 4 is 18.0 Å². The predicted octanol–water partition coefficient (Wildman–Crippen LogP) is 2.03. The van der Waals surface area contributed by atoms with Gasteiger partial charge in [-0.25, -0.2) is 4.79 Å². The number of hydrogen-bond donors (Lipinski definition) is 2. The first-order valence-electron chi connectivity index (χ1n) is 5.41. The monoisotopic (exact) mass is 254 g/mol. The van der Waals surface area contributed by atoms with Gasteiger partial charge in [0.25, 0.3) is 0 Å². The molecule has 1 aromatic rings. The van der Waals surface area contributed by atoms with Gasteiger partial charge in [-0.15, -0.1) is 0 Å². The molecule has 2 atom stereocenters. The van der Waals surface area contributed by atoms with Crippen LogP contribution in [0.15, 0.2) is 30.3 Å². The number of aliphatic hydroxyl groups excluding tert-OH is 1. The van der Waals surface area contributed by atoms with Crippen molar-refractivity contribution in [2.45, 2.75) is 18.3 Å². The van der Waals surface area contributed by atoms with E-state index in [1.807, 2.05) is 37.3 Å². The molecular formula is C12H18N2O2S. The molecule has 2 amide bonds. The number of hydrogen-bond acceptors (Lipinski definition) is 3. The second kappa shape index (κ2) is 6.51. The van der Waals surface area contributed by atoms with Gasteiger partial charge in [-0.1, -0.05) is 30.3 Å². The van der Waals surface area contributed by atoms with Crippen LogP contribution in [0.5, 0.6) is 0 Å². The van der Waals surface area contributed by atoms with Gasteiger partial charge in [-0.3, -0.25) is 4.31 Å². The molecule has 0 radical (unpaired) electrons. The number of aliphatic hydroxyl groups is 1. The second-order valence-electron chi connectivity index (χ2n) is 3.72. The van der Waals surface area contributed by atoms with Gasteiger partial charge in [-0.05, 0) is 24.4 Å². The van der Waals surface area contributed by atoms with Crippen LogP contribution in [0.2, 0.25) is 0 Å². The minimum atomic E-state index is -0.590. The van der Waals surface area contributed by atoms with Crippen molar-refractivity contribution in [3.05, 3.63) is 35.9 Å². The summed E-state index contributed by atoms with van der Waals surface area (Å²) in [6.07, 6.45) is -0.590. The Labute approximate surface area is 106 Å². The van der Waals surface area contributed by atoms with Gasteiger partial charge in [0.1, 0.15) is 0 Å². The number of urea groups is 1. The van der Waals surface area contributed by atoms with Crippen LogP contribution in [-0.2, 0) is 0 Å². The Balaban J connectivity index is 2.59. The summed E-state index contributed by atoms with van der Waals surface area (Å²) in [5.74, 6) is 0. The molecule has 0 saturated carbocycles. The minimum Gasteiger partial charge on any atom is -0.387 e. The molecule has 0 spiro atoms.